The summed E-state index contributed by atoms with van der Waals surface area (Å²) in [7, 11) is 3.85. The van der Waals surface area contributed by atoms with Crippen molar-refractivity contribution in [2.24, 2.45) is 5.92 Å². The largest absolute Gasteiger partial charge is 0.496 e. The Morgan fingerprint density at radius 3 is 2.74 bits per heavy atom. The first-order valence-electron chi connectivity index (χ1n) is 10.3. The van der Waals surface area contributed by atoms with Gasteiger partial charge in [-0.25, -0.2) is 9.97 Å². The van der Waals surface area contributed by atoms with Gasteiger partial charge in [-0.3, -0.25) is 5.10 Å². The third kappa shape index (κ3) is 5.10. The summed E-state index contributed by atoms with van der Waals surface area (Å²) in [6.07, 6.45) is 5.37. The number of nitrogens with one attached hydrogen (secondary N) is 3. The summed E-state index contributed by atoms with van der Waals surface area (Å²) < 4.78 is 5.63. The lowest BCUT2D eigenvalue weighted by atomic mass is 9.97. The molecule has 0 radical (unpaired) electrons. The molecular formula is C22H26N8O. The predicted octanol–water partition coefficient (Wildman–Crippen LogP) is 3.24. The number of nitrogens with zero attached hydrogens (tertiary/aromatic N) is 5. The minimum absolute atomic E-state index is 0.266. The van der Waals surface area contributed by atoms with Crippen molar-refractivity contribution < 1.29 is 4.74 Å². The van der Waals surface area contributed by atoms with Crippen LogP contribution in [0.25, 0.3) is 11.3 Å². The summed E-state index contributed by atoms with van der Waals surface area (Å²) >= 11 is 0. The fourth-order valence-electron chi connectivity index (χ4n) is 3.66. The smallest absolute Gasteiger partial charge is 0.158 e. The minimum Gasteiger partial charge on any atom is -0.496 e. The number of benzene rings is 1. The lowest BCUT2D eigenvalue weighted by molar-refractivity contribution is 0.226. The van der Waals surface area contributed by atoms with Crippen molar-refractivity contribution in [1.82, 2.24) is 25.1 Å². The first kappa shape index (κ1) is 20.6. The molecule has 1 aliphatic heterocycles. The molecule has 9 nitrogen and oxygen atoms in total. The fraction of sp³-hybridized carbons (Fsp3) is 0.364. The van der Waals surface area contributed by atoms with Crippen molar-refractivity contribution in [1.29, 1.82) is 5.26 Å². The Bertz CT molecular complexity index is 1050. The molecule has 31 heavy (non-hydrogen) atoms. The average molecular weight is 419 g/mol. The maximum atomic E-state index is 8.82. The second kappa shape index (κ2) is 9.45. The van der Waals surface area contributed by atoms with Crippen molar-refractivity contribution in [2.45, 2.75) is 12.8 Å². The third-order valence-electron chi connectivity index (χ3n) is 5.53. The van der Waals surface area contributed by atoms with Crippen molar-refractivity contribution in [3.8, 4) is 23.1 Å². The molecule has 0 aliphatic carbocycles. The number of hydrogen-bond donors (Lipinski definition) is 3. The summed E-state index contributed by atoms with van der Waals surface area (Å²) in [6, 6.07) is 9.93. The Labute approximate surface area is 181 Å². The molecule has 0 unspecified atom stereocenters. The molecule has 3 N–H and O–H groups in total. The molecule has 0 amide bonds. The monoisotopic (exact) mass is 418 g/mol. The number of aromatic amines is 1. The number of methoxy groups -OCH3 is 1. The lowest BCUT2D eigenvalue weighted by Crippen LogP contribution is -2.32. The van der Waals surface area contributed by atoms with E-state index in [0.29, 0.717) is 17.6 Å². The molecule has 0 spiro atoms. The molecule has 3 aromatic rings. The Hall–Kier alpha value is -3.64. The first-order chi connectivity index (χ1) is 15.1. The number of nitriles is 1. The molecule has 0 saturated carbocycles. The van der Waals surface area contributed by atoms with Gasteiger partial charge in [-0.2, -0.15) is 10.4 Å². The van der Waals surface area contributed by atoms with Gasteiger partial charge in [-0.1, -0.05) is 0 Å². The summed E-state index contributed by atoms with van der Waals surface area (Å²) in [6.45, 7) is 3.30. The Morgan fingerprint density at radius 2 is 2.03 bits per heavy atom. The van der Waals surface area contributed by atoms with Gasteiger partial charge in [-0.15, -0.1) is 0 Å². The Balaban J connectivity index is 1.42. The number of aromatic nitrogens is 4. The van der Waals surface area contributed by atoms with E-state index < -0.39 is 0 Å². The summed E-state index contributed by atoms with van der Waals surface area (Å²) in [5.41, 5.74) is 3.05. The van der Waals surface area contributed by atoms with E-state index in [4.69, 9.17) is 10.00 Å². The van der Waals surface area contributed by atoms with E-state index in [1.165, 1.54) is 38.3 Å². The summed E-state index contributed by atoms with van der Waals surface area (Å²) in [5.74, 6) is 2.58. The molecule has 1 aromatic carbocycles. The predicted molar refractivity (Wildman–Crippen MR) is 119 cm³/mol. The normalized spacial score (nSPS) is 14.7. The molecule has 9 heteroatoms. The fourth-order valence-corrected chi connectivity index (χ4v) is 3.66. The van der Waals surface area contributed by atoms with Crippen molar-refractivity contribution >= 4 is 17.3 Å². The van der Waals surface area contributed by atoms with Gasteiger partial charge in [0.2, 0.25) is 0 Å². The Morgan fingerprint density at radius 1 is 1.19 bits per heavy atom. The molecule has 3 heterocycles. The van der Waals surface area contributed by atoms with Gasteiger partial charge in [0.05, 0.1) is 25.2 Å². The van der Waals surface area contributed by atoms with Crippen molar-refractivity contribution in [3.05, 3.63) is 42.4 Å². The second-order valence-electron chi connectivity index (χ2n) is 7.73. The maximum absolute atomic E-state index is 8.82. The van der Waals surface area contributed by atoms with Crippen LogP contribution in [-0.4, -0.2) is 58.9 Å². The number of H-pyrrole nitrogens is 1. The molecule has 2 aromatic heterocycles. The number of ether oxygens (including phenoxy) is 1. The van der Waals surface area contributed by atoms with Gasteiger partial charge in [0.1, 0.15) is 17.6 Å². The van der Waals surface area contributed by atoms with E-state index in [1.54, 1.807) is 7.11 Å². The van der Waals surface area contributed by atoms with Crippen molar-refractivity contribution in [3.63, 3.8) is 0 Å². The minimum atomic E-state index is 0.266. The quantitative estimate of drug-likeness (QED) is 0.536. The SMILES string of the molecule is COc1cc(NCC2CCN(C)CC2)ccc1-c1cc(Nc2cnc(C#N)cn2)n[nH]1. The number of piperidine rings is 1. The zero-order chi connectivity index (χ0) is 21.6. The van der Waals surface area contributed by atoms with E-state index in [-0.39, 0.29) is 5.69 Å². The highest BCUT2D eigenvalue weighted by atomic mass is 16.5. The number of anilines is 3. The lowest BCUT2D eigenvalue weighted by Gasteiger charge is -2.29. The van der Waals surface area contributed by atoms with Gasteiger partial charge in [0.25, 0.3) is 0 Å². The van der Waals surface area contributed by atoms with Crippen LogP contribution in [0.15, 0.2) is 36.7 Å². The number of likely N-dealkylation sites (tertiary alicyclic amines) is 1. The van der Waals surface area contributed by atoms with E-state index in [9.17, 15) is 0 Å². The summed E-state index contributed by atoms with van der Waals surface area (Å²) in [4.78, 5) is 10.5. The van der Waals surface area contributed by atoms with Gasteiger partial charge >= 0.3 is 0 Å². The molecule has 160 valence electrons. The number of rotatable bonds is 7. The van der Waals surface area contributed by atoms with Crippen LogP contribution in [-0.2, 0) is 0 Å². The summed E-state index contributed by atoms with van der Waals surface area (Å²) in [5, 5.41) is 22.8. The highest BCUT2D eigenvalue weighted by Gasteiger charge is 2.17. The van der Waals surface area contributed by atoms with E-state index in [2.05, 4.69) is 48.8 Å². The van der Waals surface area contributed by atoms with Gasteiger partial charge in [0.15, 0.2) is 11.5 Å². The van der Waals surface area contributed by atoms with Crippen LogP contribution >= 0.6 is 0 Å². The molecule has 0 bridgehead atoms. The first-order valence-corrected chi connectivity index (χ1v) is 10.3. The highest BCUT2D eigenvalue weighted by molar-refractivity contribution is 5.73. The van der Waals surface area contributed by atoms with E-state index in [1.807, 2.05) is 24.3 Å². The van der Waals surface area contributed by atoms with Crippen LogP contribution in [0, 0.1) is 17.2 Å². The Kier molecular flexibility index (Phi) is 6.29. The van der Waals surface area contributed by atoms with Crippen LogP contribution in [0.4, 0.5) is 17.3 Å². The molecule has 4 rings (SSSR count). The highest BCUT2D eigenvalue weighted by Crippen LogP contribution is 2.33. The van der Waals surface area contributed by atoms with Crippen LogP contribution in [0.1, 0.15) is 18.5 Å². The van der Waals surface area contributed by atoms with Crippen LogP contribution in [0.5, 0.6) is 5.75 Å². The van der Waals surface area contributed by atoms with E-state index >= 15 is 0 Å². The third-order valence-corrected chi connectivity index (χ3v) is 5.53. The van der Waals surface area contributed by atoms with Gasteiger partial charge in [0, 0.05) is 29.9 Å². The van der Waals surface area contributed by atoms with Crippen LogP contribution in [0.3, 0.4) is 0 Å². The molecule has 1 saturated heterocycles. The van der Waals surface area contributed by atoms with Crippen LogP contribution < -0.4 is 15.4 Å². The zero-order valence-corrected chi connectivity index (χ0v) is 17.7. The molecule has 1 aliphatic rings. The molecule has 1 fully saturated rings. The standard InChI is InChI=1S/C22H26N8O/c1-30-7-5-15(6-8-30)12-24-16-3-4-18(20(9-16)31-2)19-10-21(29-28-19)27-22-14-25-17(11-23)13-26-22/h3-4,9-10,13-15,24H,5-8,12H2,1-2H3,(H2,26,27,28,29). The zero-order valence-electron chi connectivity index (χ0n) is 17.7. The molecule has 0 atom stereocenters. The van der Waals surface area contributed by atoms with Gasteiger partial charge in [-0.05, 0) is 51.0 Å². The van der Waals surface area contributed by atoms with Gasteiger partial charge < -0.3 is 20.3 Å². The van der Waals surface area contributed by atoms with Crippen molar-refractivity contribution in [2.75, 3.05) is 44.4 Å². The molecular weight excluding hydrogens is 392 g/mol. The number of hydrogen-bond acceptors (Lipinski definition) is 8. The maximum Gasteiger partial charge on any atom is 0.158 e. The second-order valence-corrected chi connectivity index (χ2v) is 7.73. The average Bonchev–Trinajstić information content (AvgIpc) is 3.27. The topological polar surface area (TPSA) is 115 Å². The van der Waals surface area contributed by atoms with E-state index in [0.717, 1.165) is 29.2 Å². The van der Waals surface area contributed by atoms with Crippen LogP contribution in [0.2, 0.25) is 0 Å².